The zero-order chi connectivity index (χ0) is 37.2. The maximum Gasteiger partial charge on any atom is 0.323 e. The highest BCUT2D eigenvalue weighted by Gasteiger charge is 2.39. The lowest BCUT2D eigenvalue weighted by atomic mass is 10.1. The van der Waals surface area contributed by atoms with Crippen LogP contribution in [0.5, 0.6) is 0 Å². The van der Waals surface area contributed by atoms with Crippen LogP contribution in [0.2, 0.25) is 5.02 Å². The number of hydrogen-bond donors (Lipinski definition) is 3. The lowest BCUT2D eigenvalue weighted by molar-refractivity contribution is -0.140. The number of thioether (sulfide) groups is 2. The number of amides is 3. The average molecular weight is 776 g/mol. The van der Waals surface area contributed by atoms with E-state index in [0.717, 1.165) is 5.56 Å². The molecule has 0 bridgehead atoms. The first-order valence-corrected chi connectivity index (χ1v) is 18.0. The molecular weight excluding hydrogens is 752 g/mol. The van der Waals surface area contributed by atoms with Crippen molar-refractivity contribution >= 4 is 96.5 Å². The molecule has 3 N–H and O–H groups in total. The highest BCUT2D eigenvalue weighted by molar-refractivity contribution is 8.22. The number of halogens is 1. The number of nitrogens with one attached hydrogen (secondary N) is 1. The van der Waals surface area contributed by atoms with Crippen molar-refractivity contribution in [3.8, 4) is 0 Å². The Bertz CT molecular complexity index is 2350. The smallest absolute Gasteiger partial charge is 0.323 e. The molecule has 0 aliphatic carbocycles. The van der Waals surface area contributed by atoms with Crippen molar-refractivity contribution in [3.63, 3.8) is 0 Å². The molecule has 3 amide bonds. The lowest BCUT2D eigenvalue weighted by Gasteiger charge is -2.21. The summed E-state index contributed by atoms with van der Waals surface area (Å²) in [6.07, 6.45) is 4.33. The summed E-state index contributed by atoms with van der Waals surface area (Å²) < 4.78 is 39.7. The largest absolute Gasteiger partial charge is 0.747 e. The first-order chi connectivity index (χ1) is 24.0. The van der Waals surface area contributed by atoms with Gasteiger partial charge in [0.2, 0.25) is 11.5 Å². The summed E-state index contributed by atoms with van der Waals surface area (Å²) in [5, 5.41) is 20.6. The fourth-order valence-corrected chi connectivity index (χ4v) is 7.36. The summed E-state index contributed by atoms with van der Waals surface area (Å²) in [4.78, 5) is 76.6. The molecule has 1 fully saturated rings. The Morgan fingerprint density at radius 1 is 1.00 bits per heavy atom. The number of aromatic nitrogens is 1. The van der Waals surface area contributed by atoms with Gasteiger partial charge in [-0.05, 0) is 59.7 Å². The number of rotatable bonds is 11. The molecule has 0 atom stereocenters. The van der Waals surface area contributed by atoms with Crippen LogP contribution in [-0.4, -0.2) is 80.6 Å². The number of oxazole rings is 1. The molecule has 5 rings (SSSR count). The van der Waals surface area contributed by atoms with Crippen molar-refractivity contribution < 1.29 is 51.6 Å². The maximum atomic E-state index is 13.4. The van der Waals surface area contributed by atoms with Crippen LogP contribution < -0.4 is 26.7 Å². The highest BCUT2D eigenvalue weighted by atomic mass is 35.5. The van der Waals surface area contributed by atoms with Gasteiger partial charge < -0.3 is 29.4 Å². The van der Waals surface area contributed by atoms with E-state index in [4.69, 9.17) is 21.1 Å². The Labute approximate surface area is 301 Å². The van der Waals surface area contributed by atoms with Crippen molar-refractivity contribution in [1.29, 1.82) is 0 Å². The van der Waals surface area contributed by atoms with Crippen molar-refractivity contribution in [3.05, 3.63) is 97.1 Å². The van der Waals surface area contributed by atoms with Gasteiger partial charge in [0.25, 0.3) is 16.7 Å². The molecule has 0 radical (unpaired) electrons. The van der Waals surface area contributed by atoms with Crippen LogP contribution in [0.3, 0.4) is 0 Å². The van der Waals surface area contributed by atoms with E-state index in [9.17, 15) is 46.8 Å². The first-order valence-electron chi connectivity index (χ1n) is 14.4. The zero-order valence-corrected chi connectivity index (χ0v) is 29.2. The summed E-state index contributed by atoms with van der Waals surface area (Å²) in [5.74, 6) is -5.91. The van der Waals surface area contributed by atoms with Gasteiger partial charge in [0.05, 0.1) is 10.7 Å². The predicted molar refractivity (Wildman–Crippen MR) is 185 cm³/mol. The van der Waals surface area contributed by atoms with Crippen molar-refractivity contribution in [2.75, 3.05) is 23.9 Å². The van der Waals surface area contributed by atoms with Gasteiger partial charge >= 0.3 is 11.9 Å². The Kier molecular flexibility index (Phi) is 11.0. The van der Waals surface area contributed by atoms with Crippen molar-refractivity contribution in [1.82, 2.24) is 14.8 Å². The number of allylic oxidation sites excluding steroid dienone is 3. The van der Waals surface area contributed by atoms with Crippen LogP contribution in [0.15, 0.2) is 73.8 Å². The van der Waals surface area contributed by atoms with E-state index in [-0.39, 0.29) is 0 Å². The molecule has 51 heavy (non-hydrogen) atoms. The van der Waals surface area contributed by atoms with Gasteiger partial charge in [0, 0.05) is 9.92 Å². The van der Waals surface area contributed by atoms with E-state index in [1.807, 2.05) is 0 Å². The van der Waals surface area contributed by atoms with Crippen molar-refractivity contribution in [2.45, 2.75) is 18.4 Å². The quantitative estimate of drug-likeness (QED) is 0.233. The van der Waals surface area contributed by atoms with Gasteiger partial charge in [-0.15, -0.1) is 0 Å². The van der Waals surface area contributed by atoms with Crippen molar-refractivity contribution in [2.24, 2.45) is 0 Å². The third-order valence-corrected chi connectivity index (χ3v) is 10.0. The third kappa shape index (κ3) is 8.63. The average Bonchev–Trinajstić information content (AvgIpc) is 3.64. The second-order valence-corrected chi connectivity index (χ2v) is 14.6. The molecule has 266 valence electrons. The minimum atomic E-state index is -4.75. The predicted octanol–water partition coefficient (Wildman–Crippen LogP) is 1.31. The van der Waals surface area contributed by atoms with Crippen LogP contribution >= 0.6 is 35.1 Å². The molecule has 2 aliphatic rings. The minimum Gasteiger partial charge on any atom is -0.747 e. The number of aryl methyl sites for hydroxylation is 1. The molecule has 3 heterocycles. The standard InChI is InChI=1S/C31H25ClN4O12S3/c1-16-9-22-20(11-19(16)32)34(12-23(37)33-15-51(45,46)47)24(49-22)10-18(17-5-3-2-4-6-17)7-8-21-28(42)35(13-25(38)39)30(48-21)27-29(43)36(14-26(40)41)31(44)50-27/h2-11H,12-15H2,1H3,(H,33,37)(H,38,39)(H,40,41)(H,45,46,47)/p-1/b18-7?,21-8?,24-10?,30-27+. The molecule has 3 aromatic rings. The van der Waals surface area contributed by atoms with Crippen LogP contribution in [-0.2, 0) is 35.8 Å². The Morgan fingerprint density at radius 3 is 2.33 bits per heavy atom. The normalized spacial score (nSPS) is 17.0. The SMILES string of the molecule is Cc1cc2c(cc1Cl)N(CC(=O)NCS(=O)(=O)[O-])C(=CC(=CC=c1o/c(=C3/SC(=O)N(CC(=O)O)C3=O)n(CC(=O)O)c1=O)c1ccccc1)S2. The van der Waals surface area contributed by atoms with E-state index in [0.29, 0.717) is 53.0 Å². The Balaban J connectivity index is 1.65. The van der Waals surface area contributed by atoms with Gasteiger partial charge in [-0.2, -0.15) is 0 Å². The maximum absolute atomic E-state index is 13.4. The number of carbonyl (C=O) groups excluding carboxylic acids is 3. The molecule has 1 saturated heterocycles. The topological polar surface area (TPSA) is 237 Å². The number of carbonyl (C=O) groups is 5. The van der Waals surface area contributed by atoms with Crippen LogP contribution in [0, 0.1) is 6.92 Å². The Morgan fingerprint density at radius 2 is 1.69 bits per heavy atom. The lowest BCUT2D eigenvalue weighted by Crippen LogP contribution is -2.37. The Hall–Kier alpha value is -5.08. The van der Waals surface area contributed by atoms with E-state index in [1.54, 1.807) is 60.4 Å². The number of hydrogen-bond acceptors (Lipinski definition) is 13. The fraction of sp³-hybridized carbons (Fsp3) is 0.161. The number of imide groups is 1. The number of nitrogens with zero attached hydrogens (tertiary/aromatic N) is 3. The monoisotopic (exact) mass is 775 g/mol. The molecule has 20 heteroatoms. The van der Waals surface area contributed by atoms with Gasteiger partial charge in [-0.1, -0.05) is 59.8 Å². The molecule has 0 spiro atoms. The first kappa shape index (κ1) is 37.2. The molecule has 0 saturated carbocycles. The minimum absolute atomic E-state index is 0.293. The van der Waals surface area contributed by atoms with Crippen LogP contribution in [0.4, 0.5) is 10.5 Å². The second kappa shape index (κ2) is 15.0. The highest BCUT2D eigenvalue weighted by Crippen LogP contribution is 2.48. The fourth-order valence-electron chi connectivity index (χ4n) is 4.80. The number of carboxylic acid groups (broad SMARTS) is 2. The van der Waals surface area contributed by atoms with Gasteiger partial charge in [-0.25, -0.2) is 8.42 Å². The number of benzene rings is 2. The summed E-state index contributed by atoms with van der Waals surface area (Å²) in [6, 6.07) is 12.1. The molecule has 16 nitrogen and oxygen atoms in total. The van der Waals surface area contributed by atoms with E-state index in [1.165, 1.54) is 23.9 Å². The van der Waals surface area contributed by atoms with E-state index in [2.05, 4.69) is 5.32 Å². The number of anilines is 1. The molecule has 1 aromatic heterocycles. The number of aliphatic carboxylic acids is 2. The number of carboxylic acids is 2. The second-order valence-electron chi connectivity index (χ2n) is 10.7. The van der Waals surface area contributed by atoms with Crippen LogP contribution in [0.1, 0.15) is 11.1 Å². The summed E-state index contributed by atoms with van der Waals surface area (Å²) in [5.41, 5.74) is 0.365. The summed E-state index contributed by atoms with van der Waals surface area (Å²) in [6.45, 7) is -0.527. The molecule has 2 aromatic carbocycles. The third-order valence-electron chi connectivity index (χ3n) is 7.10. The summed E-state index contributed by atoms with van der Waals surface area (Å²) >= 11 is 7.94. The van der Waals surface area contributed by atoms with Gasteiger partial charge in [0.15, 0.2) is 5.42 Å². The summed E-state index contributed by atoms with van der Waals surface area (Å²) in [7, 11) is -4.75. The van der Waals surface area contributed by atoms with E-state index >= 15 is 0 Å². The molecule has 0 unspecified atom stereocenters. The van der Waals surface area contributed by atoms with E-state index < -0.39 is 86.0 Å². The molecule has 2 aliphatic heterocycles. The van der Waals surface area contributed by atoms with Gasteiger partial charge in [0.1, 0.15) is 40.5 Å². The van der Waals surface area contributed by atoms with Gasteiger partial charge in [-0.3, -0.25) is 38.2 Å². The van der Waals surface area contributed by atoms with Crippen LogP contribution in [0.25, 0.3) is 16.6 Å². The molecular formula is C31H24ClN4O12S3-. The zero-order valence-electron chi connectivity index (χ0n) is 26.0. The number of fused-ring (bicyclic) bond motifs is 1.